The Labute approximate surface area is 118 Å². The maximum Gasteiger partial charge on any atom is 0.339 e. The number of hydrogen-bond donors (Lipinski definition) is 1. The zero-order valence-electron chi connectivity index (χ0n) is 11.8. The number of rotatable bonds is 7. The van der Waals surface area contributed by atoms with Gasteiger partial charge in [0.2, 0.25) is 0 Å². The topological polar surface area (TPSA) is 72.8 Å². The van der Waals surface area contributed by atoms with Crippen LogP contribution in [0.3, 0.4) is 0 Å². The normalized spacial score (nSPS) is 13.3. The highest BCUT2D eigenvalue weighted by Gasteiger charge is 2.40. The van der Waals surface area contributed by atoms with Crippen molar-refractivity contribution in [2.24, 2.45) is 0 Å². The van der Waals surface area contributed by atoms with E-state index in [-0.39, 0.29) is 19.6 Å². The lowest BCUT2D eigenvalue weighted by atomic mass is 9.91. The van der Waals surface area contributed by atoms with Crippen LogP contribution in [-0.2, 0) is 25.5 Å². The number of benzene rings is 1. The van der Waals surface area contributed by atoms with Gasteiger partial charge in [-0.2, -0.15) is 0 Å². The molecule has 0 aliphatic rings. The van der Waals surface area contributed by atoms with E-state index in [4.69, 9.17) is 9.47 Å². The third kappa shape index (κ3) is 4.66. The Hall–Kier alpha value is -1.88. The molecule has 1 N–H and O–H groups in total. The lowest BCUT2D eigenvalue weighted by Gasteiger charge is -2.25. The fourth-order valence-electron chi connectivity index (χ4n) is 1.86. The molecule has 0 aromatic heterocycles. The molecule has 0 radical (unpaired) electrons. The zero-order valence-corrected chi connectivity index (χ0v) is 11.8. The highest BCUT2D eigenvalue weighted by molar-refractivity contribution is 5.86. The molecule has 0 amide bonds. The van der Waals surface area contributed by atoms with Gasteiger partial charge >= 0.3 is 11.9 Å². The van der Waals surface area contributed by atoms with E-state index in [9.17, 15) is 14.7 Å². The quantitative estimate of drug-likeness (QED) is 0.766. The van der Waals surface area contributed by atoms with Crippen molar-refractivity contribution in [1.82, 2.24) is 0 Å². The van der Waals surface area contributed by atoms with Gasteiger partial charge in [0.15, 0.2) is 5.60 Å². The second-order valence-electron chi connectivity index (χ2n) is 4.40. The molecule has 0 aliphatic carbocycles. The summed E-state index contributed by atoms with van der Waals surface area (Å²) in [5.74, 6) is -1.43. The second-order valence-corrected chi connectivity index (χ2v) is 4.40. The predicted molar refractivity (Wildman–Crippen MR) is 73.0 cm³/mol. The molecule has 0 spiro atoms. The first-order valence-electron chi connectivity index (χ1n) is 6.61. The van der Waals surface area contributed by atoms with Crippen molar-refractivity contribution in [1.29, 1.82) is 0 Å². The van der Waals surface area contributed by atoms with Crippen molar-refractivity contribution in [3.63, 3.8) is 0 Å². The first-order chi connectivity index (χ1) is 9.51. The van der Waals surface area contributed by atoms with Crippen LogP contribution in [0.15, 0.2) is 30.3 Å². The molecule has 110 valence electrons. The van der Waals surface area contributed by atoms with Gasteiger partial charge in [-0.05, 0) is 19.4 Å². The van der Waals surface area contributed by atoms with Crippen LogP contribution in [0, 0.1) is 0 Å². The van der Waals surface area contributed by atoms with Gasteiger partial charge in [-0.25, -0.2) is 4.79 Å². The van der Waals surface area contributed by atoms with Crippen LogP contribution in [0.1, 0.15) is 25.8 Å². The molecule has 1 rings (SSSR count). The molecule has 1 aromatic carbocycles. The minimum absolute atomic E-state index is 0.00544. The Kier molecular flexibility index (Phi) is 6.18. The fourth-order valence-corrected chi connectivity index (χ4v) is 1.86. The van der Waals surface area contributed by atoms with Crippen LogP contribution in [0.2, 0.25) is 0 Å². The van der Waals surface area contributed by atoms with Crippen LogP contribution >= 0.6 is 0 Å². The number of hydrogen-bond acceptors (Lipinski definition) is 5. The molecule has 1 unspecified atom stereocenters. The number of esters is 2. The first kappa shape index (κ1) is 16.2. The molecule has 0 aliphatic heterocycles. The molecular weight excluding hydrogens is 260 g/mol. The number of carbonyl (C=O) groups excluding carboxylic acids is 2. The van der Waals surface area contributed by atoms with Gasteiger partial charge in [-0.15, -0.1) is 0 Å². The molecule has 1 aromatic rings. The maximum atomic E-state index is 11.9. The largest absolute Gasteiger partial charge is 0.466 e. The van der Waals surface area contributed by atoms with Crippen molar-refractivity contribution >= 4 is 11.9 Å². The monoisotopic (exact) mass is 280 g/mol. The van der Waals surface area contributed by atoms with Gasteiger partial charge in [-0.1, -0.05) is 30.3 Å². The van der Waals surface area contributed by atoms with E-state index >= 15 is 0 Å². The first-order valence-corrected chi connectivity index (χ1v) is 6.61. The molecule has 0 heterocycles. The number of carbonyl (C=O) groups is 2. The van der Waals surface area contributed by atoms with E-state index in [1.165, 1.54) is 0 Å². The van der Waals surface area contributed by atoms with Crippen LogP contribution in [0.25, 0.3) is 0 Å². The lowest BCUT2D eigenvalue weighted by molar-refractivity contribution is -0.171. The predicted octanol–water partition coefficient (Wildman–Crippen LogP) is 1.48. The molecule has 0 bridgehead atoms. The Morgan fingerprint density at radius 3 is 2.25 bits per heavy atom. The summed E-state index contributed by atoms with van der Waals surface area (Å²) in [6.45, 7) is 3.64. The summed E-state index contributed by atoms with van der Waals surface area (Å²) in [7, 11) is 0. The van der Waals surface area contributed by atoms with E-state index in [1.54, 1.807) is 38.1 Å². The summed E-state index contributed by atoms with van der Waals surface area (Å²) in [4.78, 5) is 23.5. The highest BCUT2D eigenvalue weighted by Crippen LogP contribution is 2.20. The van der Waals surface area contributed by atoms with Gasteiger partial charge in [0.1, 0.15) is 0 Å². The van der Waals surface area contributed by atoms with Gasteiger partial charge in [0.25, 0.3) is 0 Å². The Bertz CT molecular complexity index is 443. The standard InChI is InChI=1S/C15H20O5/c1-3-19-13(16)11-15(18,14(17)20-4-2)10-12-8-6-5-7-9-12/h5-9,18H,3-4,10-11H2,1-2H3. The second kappa shape index (κ2) is 7.65. The smallest absolute Gasteiger partial charge is 0.339 e. The summed E-state index contributed by atoms with van der Waals surface area (Å²) in [5, 5.41) is 10.5. The van der Waals surface area contributed by atoms with Crippen LogP contribution < -0.4 is 0 Å². The molecule has 5 nitrogen and oxygen atoms in total. The Morgan fingerprint density at radius 2 is 1.70 bits per heavy atom. The minimum atomic E-state index is -1.90. The lowest BCUT2D eigenvalue weighted by Crippen LogP contribution is -2.44. The van der Waals surface area contributed by atoms with E-state index in [0.29, 0.717) is 0 Å². The minimum Gasteiger partial charge on any atom is -0.466 e. The number of ether oxygens (including phenoxy) is 2. The van der Waals surface area contributed by atoms with E-state index < -0.39 is 24.0 Å². The summed E-state index contributed by atoms with van der Waals surface area (Å²) >= 11 is 0. The van der Waals surface area contributed by atoms with Gasteiger partial charge in [-0.3, -0.25) is 4.79 Å². The van der Waals surface area contributed by atoms with E-state index in [1.807, 2.05) is 6.07 Å². The van der Waals surface area contributed by atoms with Crippen molar-refractivity contribution < 1.29 is 24.2 Å². The highest BCUT2D eigenvalue weighted by atomic mass is 16.6. The van der Waals surface area contributed by atoms with Crippen molar-refractivity contribution in [2.45, 2.75) is 32.3 Å². The van der Waals surface area contributed by atoms with Gasteiger partial charge < -0.3 is 14.6 Å². The summed E-state index contributed by atoms with van der Waals surface area (Å²) in [5.41, 5.74) is -1.16. The summed E-state index contributed by atoms with van der Waals surface area (Å²) in [6, 6.07) is 8.97. The van der Waals surface area contributed by atoms with Crippen molar-refractivity contribution in [2.75, 3.05) is 13.2 Å². The van der Waals surface area contributed by atoms with E-state index in [2.05, 4.69) is 0 Å². The number of aliphatic hydroxyl groups is 1. The van der Waals surface area contributed by atoms with Crippen LogP contribution in [0.4, 0.5) is 0 Å². The summed E-state index contributed by atoms with van der Waals surface area (Å²) < 4.78 is 9.66. The Morgan fingerprint density at radius 1 is 1.10 bits per heavy atom. The third-order valence-electron chi connectivity index (χ3n) is 2.74. The fraction of sp³-hybridized carbons (Fsp3) is 0.467. The molecule has 0 fully saturated rings. The molecule has 0 saturated heterocycles. The zero-order chi connectivity index (χ0) is 15.0. The third-order valence-corrected chi connectivity index (χ3v) is 2.74. The SMILES string of the molecule is CCOC(=O)CC(O)(Cc1ccccc1)C(=O)OCC. The van der Waals surface area contributed by atoms with Crippen LogP contribution in [-0.4, -0.2) is 35.9 Å². The van der Waals surface area contributed by atoms with Crippen LogP contribution in [0.5, 0.6) is 0 Å². The average Bonchev–Trinajstić information content (AvgIpc) is 2.40. The molecule has 5 heteroatoms. The molecular formula is C15H20O5. The molecule has 0 saturated carbocycles. The van der Waals surface area contributed by atoms with Crippen molar-refractivity contribution in [3.8, 4) is 0 Å². The average molecular weight is 280 g/mol. The van der Waals surface area contributed by atoms with E-state index in [0.717, 1.165) is 5.56 Å². The van der Waals surface area contributed by atoms with Gasteiger partial charge in [0.05, 0.1) is 19.6 Å². The summed E-state index contributed by atoms with van der Waals surface area (Å²) in [6.07, 6.45) is -0.417. The molecule has 1 atom stereocenters. The van der Waals surface area contributed by atoms with Gasteiger partial charge in [0, 0.05) is 6.42 Å². The molecule has 20 heavy (non-hydrogen) atoms. The maximum absolute atomic E-state index is 11.9. The van der Waals surface area contributed by atoms with Crippen molar-refractivity contribution in [3.05, 3.63) is 35.9 Å². The Balaban J connectivity index is 2.88.